The molecular weight excluding hydrogens is 428 g/mol. The van der Waals surface area contributed by atoms with Gasteiger partial charge in [-0.25, -0.2) is 4.98 Å². The van der Waals surface area contributed by atoms with Crippen LogP contribution in [0.4, 0.5) is 0 Å². The molecule has 0 aliphatic rings. The summed E-state index contributed by atoms with van der Waals surface area (Å²) in [6.45, 7) is 2.09. The van der Waals surface area contributed by atoms with Crippen molar-refractivity contribution in [1.82, 2.24) is 19.9 Å². The number of amides is 1. The molecule has 7 nitrogen and oxygen atoms in total. The molecule has 0 radical (unpaired) electrons. The molecule has 0 atom stereocenters. The molecule has 0 fully saturated rings. The maximum absolute atomic E-state index is 12.2. The number of pyridine rings is 1. The van der Waals surface area contributed by atoms with Crippen LogP contribution in [0.15, 0.2) is 73.1 Å². The maximum atomic E-state index is 12.2. The summed E-state index contributed by atoms with van der Waals surface area (Å²) in [7, 11) is 1.65. The third-order valence-corrected chi connectivity index (χ3v) is 5.64. The van der Waals surface area contributed by atoms with Crippen molar-refractivity contribution in [2.75, 3.05) is 20.3 Å². The highest BCUT2D eigenvalue weighted by atomic mass is 16.5. The highest BCUT2D eigenvalue weighted by Gasteiger charge is 2.11. The van der Waals surface area contributed by atoms with Crippen molar-refractivity contribution in [1.29, 1.82) is 0 Å². The van der Waals surface area contributed by atoms with E-state index in [1.54, 1.807) is 31.6 Å². The van der Waals surface area contributed by atoms with E-state index >= 15 is 0 Å². The molecule has 0 bridgehead atoms. The Morgan fingerprint density at radius 2 is 1.71 bits per heavy atom. The second-order valence-electron chi connectivity index (χ2n) is 7.97. The Hall–Kier alpha value is -3.87. The van der Waals surface area contributed by atoms with Crippen LogP contribution in [-0.2, 0) is 13.0 Å². The number of nitrogens with zero attached hydrogens (tertiary/aromatic N) is 3. The molecule has 4 rings (SSSR count). The molecule has 2 aromatic carbocycles. The Balaban J connectivity index is 1.29. The Bertz CT molecular complexity index is 1210. The van der Waals surface area contributed by atoms with E-state index in [0.717, 1.165) is 60.6 Å². The third-order valence-electron chi connectivity index (χ3n) is 5.64. The van der Waals surface area contributed by atoms with Crippen LogP contribution < -0.4 is 14.8 Å². The number of nitrogens with one attached hydrogen (secondary N) is 1. The number of hydrogen-bond donors (Lipinski definition) is 1. The predicted octanol–water partition coefficient (Wildman–Crippen LogP) is 4.66. The molecule has 0 spiro atoms. The van der Waals surface area contributed by atoms with Gasteiger partial charge in [0.15, 0.2) is 11.5 Å². The zero-order valence-electron chi connectivity index (χ0n) is 19.4. The normalized spacial score (nSPS) is 10.9. The Morgan fingerprint density at radius 1 is 0.941 bits per heavy atom. The molecule has 0 unspecified atom stereocenters. The minimum absolute atomic E-state index is 0.0778. The van der Waals surface area contributed by atoms with Crippen LogP contribution in [0, 0.1) is 0 Å². The van der Waals surface area contributed by atoms with Gasteiger partial charge in [-0.2, -0.15) is 0 Å². The molecule has 0 saturated carbocycles. The summed E-state index contributed by atoms with van der Waals surface area (Å²) in [5.74, 6) is 2.49. The fourth-order valence-electron chi connectivity index (χ4n) is 3.91. The van der Waals surface area contributed by atoms with Gasteiger partial charge in [0.2, 0.25) is 0 Å². The van der Waals surface area contributed by atoms with Crippen LogP contribution in [0.3, 0.4) is 0 Å². The molecule has 0 aliphatic carbocycles. The number of ether oxygens (including phenoxy) is 2. The predicted molar refractivity (Wildman–Crippen MR) is 132 cm³/mol. The lowest BCUT2D eigenvalue weighted by molar-refractivity contribution is 0.0953. The zero-order valence-corrected chi connectivity index (χ0v) is 19.4. The average molecular weight is 459 g/mol. The molecule has 2 heterocycles. The van der Waals surface area contributed by atoms with Gasteiger partial charge in [-0.1, -0.05) is 24.3 Å². The number of aromatic nitrogens is 3. The second-order valence-corrected chi connectivity index (χ2v) is 7.97. The number of aryl methyl sites for hydroxylation is 2. The van der Waals surface area contributed by atoms with Crippen molar-refractivity contribution in [3.63, 3.8) is 0 Å². The first-order valence-corrected chi connectivity index (χ1v) is 11.6. The quantitative estimate of drug-likeness (QED) is 0.312. The van der Waals surface area contributed by atoms with Crippen LogP contribution in [0.1, 0.15) is 35.4 Å². The summed E-state index contributed by atoms with van der Waals surface area (Å²) in [5, 5.41) is 2.98. The molecule has 1 N–H and O–H groups in total. The summed E-state index contributed by atoms with van der Waals surface area (Å²) < 4.78 is 13.5. The number of benzene rings is 2. The lowest BCUT2D eigenvalue weighted by Gasteiger charge is -2.12. The Morgan fingerprint density at radius 3 is 2.53 bits per heavy atom. The van der Waals surface area contributed by atoms with Gasteiger partial charge in [0, 0.05) is 37.5 Å². The van der Waals surface area contributed by atoms with Crippen LogP contribution in [0.5, 0.6) is 11.5 Å². The van der Waals surface area contributed by atoms with Gasteiger partial charge in [0.1, 0.15) is 5.82 Å². The van der Waals surface area contributed by atoms with Gasteiger partial charge in [-0.3, -0.25) is 9.78 Å². The van der Waals surface area contributed by atoms with Gasteiger partial charge in [-0.15, -0.1) is 0 Å². The van der Waals surface area contributed by atoms with Crippen molar-refractivity contribution >= 4 is 16.9 Å². The molecule has 1 amide bonds. The van der Waals surface area contributed by atoms with Gasteiger partial charge in [0.25, 0.3) is 5.91 Å². The highest BCUT2D eigenvalue weighted by molar-refractivity contribution is 5.93. The average Bonchev–Trinajstić information content (AvgIpc) is 3.24. The number of para-hydroxylation sites is 4. The van der Waals surface area contributed by atoms with Crippen LogP contribution in [0.2, 0.25) is 0 Å². The number of hydrogen-bond acceptors (Lipinski definition) is 5. The molecular formula is C27H30N4O3. The van der Waals surface area contributed by atoms with Gasteiger partial charge >= 0.3 is 0 Å². The molecule has 7 heteroatoms. The lowest BCUT2D eigenvalue weighted by atomic mass is 10.2. The number of carbonyl (C=O) groups excluding carboxylic acids is 1. The highest BCUT2D eigenvalue weighted by Crippen LogP contribution is 2.26. The first-order valence-electron chi connectivity index (χ1n) is 11.6. The van der Waals surface area contributed by atoms with Crippen molar-refractivity contribution in [3.05, 3.63) is 84.4 Å². The number of imidazole rings is 1. The zero-order chi connectivity index (χ0) is 23.6. The van der Waals surface area contributed by atoms with E-state index in [-0.39, 0.29) is 5.91 Å². The topological polar surface area (TPSA) is 78.3 Å². The van der Waals surface area contributed by atoms with E-state index in [2.05, 4.69) is 20.9 Å². The molecule has 4 aromatic rings. The number of carbonyl (C=O) groups is 1. The van der Waals surface area contributed by atoms with E-state index in [1.165, 1.54) is 0 Å². The summed E-state index contributed by atoms with van der Waals surface area (Å²) in [5.41, 5.74) is 2.77. The molecule has 0 aliphatic heterocycles. The molecule has 34 heavy (non-hydrogen) atoms. The lowest BCUT2D eigenvalue weighted by Crippen LogP contribution is -2.25. The van der Waals surface area contributed by atoms with Crippen molar-refractivity contribution < 1.29 is 14.3 Å². The van der Waals surface area contributed by atoms with E-state index in [1.807, 2.05) is 42.5 Å². The Kier molecular flexibility index (Phi) is 8.11. The van der Waals surface area contributed by atoms with Gasteiger partial charge < -0.3 is 19.4 Å². The smallest absolute Gasteiger partial charge is 0.251 e. The van der Waals surface area contributed by atoms with Gasteiger partial charge in [0.05, 0.1) is 24.8 Å². The summed E-state index contributed by atoms with van der Waals surface area (Å²) in [4.78, 5) is 21.0. The molecule has 176 valence electrons. The standard InChI is InChI=1S/C27H30N4O3/c1-33-24-11-4-5-12-25(24)34-20-7-6-19-31-23-10-3-2-9-22(23)30-26(31)13-8-16-29-27(32)21-14-17-28-18-15-21/h2-5,9-12,14-15,17-18H,6-8,13,16,19-20H2,1H3,(H,29,32). The largest absolute Gasteiger partial charge is 0.493 e. The SMILES string of the molecule is COc1ccccc1OCCCCn1c(CCCNC(=O)c2ccncc2)nc2ccccc21. The van der Waals surface area contributed by atoms with Crippen molar-refractivity contribution in [2.24, 2.45) is 0 Å². The van der Waals surface area contributed by atoms with E-state index in [4.69, 9.17) is 14.5 Å². The number of unbranched alkanes of at least 4 members (excludes halogenated alkanes) is 1. The number of fused-ring (bicyclic) bond motifs is 1. The second kappa shape index (κ2) is 11.8. The fourth-order valence-corrected chi connectivity index (χ4v) is 3.91. The summed E-state index contributed by atoms with van der Waals surface area (Å²) in [6.07, 6.45) is 6.75. The van der Waals surface area contributed by atoms with Gasteiger partial charge in [-0.05, 0) is 55.7 Å². The van der Waals surface area contributed by atoms with Crippen molar-refractivity contribution in [2.45, 2.75) is 32.2 Å². The Labute approximate surface area is 199 Å². The maximum Gasteiger partial charge on any atom is 0.251 e. The number of rotatable bonds is 12. The first-order chi connectivity index (χ1) is 16.8. The molecule has 0 saturated heterocycles. The fraction of sp³-hybridized carbons (Fsp3) is 0.296. The third kappa shape index (κ3) is 5.92. The summed E-state index contributed by atoms with van der Waals surface area (Å²) in [6, 6.07) is 19.4. The summed E-state index contributed by atoms with van der Waals surface area (Å²) >= 11 is 0. The first kappa shape index (κ1) is 23.3. The van der Waals surface area contributed by atoms with E-state index in [0.29, 0.717) is 18.7 Å². The van der Waals surface area contributed by atoms with Crippen LogP contribution >= 0.6 is 0 Å². The van der Waals surface area contributed by atoms with Crippen molar-refractivity contribution in [3.8, 4) is 11.5 Å². The van der Waals surface area contributed by atoms with E-state index in [9.17, 15) is 4.79 Å². The van der Waals surface area contributed by atoms with Crippen LogP contribution in [0.25, 0.3) is 11.0 Å². The number of methoxy groups -OCH3 is 1. The molecule has 2 aromatic heterocycles. The minimum atomic E-state index is -0.0778. The van der Waals surface area contributed by atoms with Crippen LogP contribution in [-0.4, -0.2) is 40.7 Å². The minimum Gasteiger partial charge on any atom is -0.493 e. The van der Waals surface area contributed by atoms with E-state index < -0.39 is 0 Å². The monoisotopic (exact) mass is 458 g/mol.